The number of hydrogen-bond acceptors (Lipinski definition) is 10. The summed E-state index contributed by atoms with van der Waals surface area (Å²) in [5.74, 6) is 2.84. The van der Waals surface area contributed by atoms with E-state index in [-0.39, 0.29) is 23.6 Å². The van der Waals surface area contributed by atoms with E-state index in [0.717, 1.165) is 42.1 Å². The minimum Gasteiger partial charge on any atom is -0.396 e. The Balaban J connectivity index is 2.49. The van der Waals surface area contributed by atoms with Crippen molar-refractivity contribution in [3.63, 3.8) is 0 Å². The summed E-state index contributed by atoms with van der Waals surface area (Å²) in [5.41, 5.74) is 0.871. The van der Waals surface area contributed by atoms with Crippen LogP contribution >= 0.6 is 23.5 Å². The maximum atomic E-state index is 11.2. The van der Waals surface area contributed by atoms with Crippen LogP contribution in [0.25, 0.3) is 0 Å². The van der Waals surface area contributed by atoms with Crippen molar-refractivity contribution >= 4 is 54.5 Å². The van der Waals surface area contributed by atoms with Gasteiger partial charge in [-0.1, -0.05) is 44.3 Å². The van der Waals surface area contributed by atoms with Gasteiger partial charge in [0.1, 0.15) is 13.2 Å². The van der Waals surface area contributed by atoms with Gasteiger partial charge in [-0.2, -0.15) is 0 Å². The van der Waals surface area contributed by atoms with Gasteiger partial charge in [0.25, 0.3) is 0 Å². The fourth-order valence-electron chi connectivity index (χ4n) is 2.79. The van der Waals surface area contributed by atoms with E-state index < -0.39 is 20.3 Å². The number of rotatable bonds is 20. The van der Waals surface area contributed by atoms with E-state index in [9.17, 15) is 14.7 Å². The highest BCUT2D eigenvalue weighted by Crippen LogP contribution is 2.26. The molecule has 3 unspecified atom stereocenters. The lowest BCUT2D eigenvalue weighted by molar-refractivity contribution is -0.109. The Kier molecular flexibility index (Phi) is 18.6. The molecule has 0 aromatic carbocycles. The summed E-state index contributed by atoms with van der Waals surface area (Å²) in [7, 11) is -2.75. The van der Waals surface area contributed by atoms with Gasteiger partial charge in [0, 0.05) is 68.7 Å². The highest BCUT2D eigenvalue weighted by Gasteiger charge is 2.44. The van der Waals surface area contributed by atoms with Crippen molar-refractivity contribution in [2.75, 3.05) is 56.9 Å². The predicted octanol–water partition coefficient (Wildman–Crippen LogP) is 3.74. The van der Waals surface area contributed by atoms with Crippen LogP contribution in [0.15, 0.2) is 0 Å². The van der Waals surface area contributed by atoms with Gasteiger partial charge in [-0.25, -0.2) is 0 Å². The van der Waals surface area contributed by atoms with Crippen molar-refractivity contribution < 1.29 is 36.3 Å². The standard InChI is InChI=1S/C22H43O8S3Si/c1-19(12-23)13-26-33(10-6-5-8-31-18-24)27-14-20(2)15-28-34(11-7-9-32-22(4)25)29-16-21(3)17-30-34/h18-21,23H,5-17H2,1-4H3/q+1. The number of carbonyl (C=O) groups is 2. The zero-order valence-corrected chi connectivity index (χ0v) is 24.5. The zero-order valence-electron chi connectivity index (χ0n) is 21.0. The lowest BCUT2D eigenvalue weighted by atomic mass is 10.2. The van der Waals surface area contributed by atoms with Crippen molar-refractivity contribution in [3.05, 3.63) is 0 Å². The third kappa shape index (κ3) is 15.5. The SMILES string of the molecule is CC(=O)SCCC[Si]1(OCC(C)CO[S+](CCCCSC=O)OCC(C)CO)OCC(C)CO1. The normalized spacial score (nSPS) is 23.4. The number of aliphatic hydroxyl groups excluding tert-OH is 1. The first-order valence-corrected chi connectivity index (χ1v) is 17.2. The van der Waals surface area contributed by atoms with Gasteiger partial charge in [0.2, 0.25) is 0 Å². The van der Waals surface area contributed by atoms with Gasteiger partial charge >= 0.3 is 20.3 Å². The summed E-state index contributed by atoms with van der Waals surface area (Å²) < 4.78 is 30.5. The topological polar surface area (TPSA) is 101 Å². The molecule has 3 atom stereocenters. The third-order valence-corrected chi connectivity index (χ3v) is 10.6. The van der Waals surface area contributed by atoms with Crippen molar-refractivity contribution in [2.24, 2.45) is 17.8 Å². The molecule has 1 N–H and O–H groups in total. The van der Waals surface area contributed by atoms with Gasteiger partial charge in [0.05, 0.1) is 0 Å². The summed E-state index contributed by atoms with van der Waals surface area (Å²) in [6.07, 6.45) is 2.66. The fourth-order valence-corrected chi connectivity index (χ4v) is 8.51. The van der Waals surface area contributed by atoms with Crippen LogP contribution in [-0.2, 0) is 42.7 Å². The Morgan fingerprint density at radius 1 is 1.12 bits per heavy atom. The molecular formula is C22H43O8S3Si+. The molecule has 200 valence electrons. The van der Waals surface area contributed by atoms with Crippen LogP contribution in [0.2, 0.25) is 6.04 Å². The summed E-state index contributed by atoms with van der Waals surface area (Å²) in [5, 5.41) is 9.39. The van der Waals surface area contributed by atoms with Gasteiger partial charge < -0.3 is 18.4 Å². The molecule has 1 aliphatic heterocycles. The van der Waals surface area contributed by atoms with Crippen molar-refractivity contribution in [3.8, 4) is 0 Å². The molecule has 0 aromatic rings. The minimum atomic E-state index is -2.75. The molecule has 1 heterocycles. The van der Waals surface area contributed by atoms with Crippen LogP contribution < -0.4 is 0 Å². The molecule has 12 heteroatoms. The molecule has 0 aliphatic carbocycles. The van der Waals surface area contributed by atoms with Crippen LogP contribution in [0, 0.1) is 17.8 Å². The summed E-state index contributed by atoms with van der Waals surface area (Å²) >= 11 is 1.95. The molecular weight excluding hydrogens is 517 g/mol. The lowest BCUT2D eigenvalue weighted by Gasteiger charge is -2.36. The molecule has 0 aromatic heterocycles. The van der Waals surface area contributed by atoms with E-state index in [0.29, 0.717) is 45.0 Å². The minimum absolute atomic E-state index is 0.0555. The molecule has 0 saturated carbocycles. The first kappa shape index (κ1) is 32.4. The average Bonchev–Trinajstić information content (AvgIpc) is 2.83. The van der Waals surface area contributed by atoms with E-state index in [2.05, 4.69) is 13.8 Å². The highest BCUT2D eigenvalue weighted by molar-refractivity contribution is 8.13. The Bertz CT molecular complexity index is 552. The number of unbranched alkanes of at least 4 members (excludes halogenated alkanes) is 1. The largest absolute Gasteiger partial charge is 0.501 e. The van der Waals surface area contributed by atoms with E-state index in [1.54, 1.807) is 6.92 Å². The quantitative estimate of drug-likeness (QED) is 0.103. The fraction of sp³-hybridized carbons (Fsp3) is 0.909. The van der Waals surface area contributed by atoms with Gasteiger partial charge in [-0.15, -0.1) is 8.37 Å². The van der Waals surface area contributed by atoms with Crippen LogP contribution in [0.3, 0.4) is 0 Å². The van der Waals surface area contributed by atoms with E-state index in [1.165, 1.54) is 23.5 Å². The van der Waals surface area contributed by atoms with E-state index in [4.69, 9.17) is 21.6 Å². The number of aliphatic hydroxyl groups is 1. The average molecular weight is 560 g/mol. The van der Waals surface area contributed by atoms with Crippen molar-refractivity contribution in [1.82, 2.24) is 0 Å². The van der Waals surface area contributed by atoms with Gasteiger partial charge in [-0.05, 0) is 19.3 Å². The molecule has 1 aliphatic rings. The molecule has 8 nitrogen and oxygen atoms in total. The molecule has 1 fully saturated rings. The monoisotopic (exact) mass is 559 g/mol. The first-order valence-electron chi connectivity index (χ1n) is 12.0. The molecule has 1 saturated heterocycles. The summed E-state index contributed by atoms with van der Waals surface area (Å²) in [6.45, 7) is 10.4. The third-order valence-electron chi connectivity index (χ3n) is 4.87. The maximum Gasteiger partial charge on any atom is 0.501 e. The van der Waals surface area contributed by atoms with Crippen LogP contribution in [-0.4, -0.2) is 81.5 Å². The second-order valence-electron chi connectivity index (χ2n) is 8.81. The first-order chi connectivity index (χ1) is 16.3. The Morgan fingerprint density at radius 2 is 1.79 bits per heavy atom. The second kappa shape index (κ2) is 19.5. The summed E-state index contributed by atoms with van der Waals surface area (Å²) in [4.78, 5) is 21.7. The van der Waals surface area contributed by atoms with Crippen LogP contribution in [0.4, 0.5) is 0 Å². The predicted molar refractivity (Wildman–Crippen MR) is 143 cm³/mol. The number of hydrogen-bond donors (Lipinski definition) is 1. The maximum absolute atomic E-state index is 11.2. The molecule has 0 radical (unpaired) electrons. The van der Waals surface area contributed by atoms with Crippen molar-refractivity contribution in [2.45, 2.75) is 53.0 Å². The lowest BCUT2D eigenvalue weighted by Crippen LogP contribution is -2.52. The molecule has 0 bridgehead atoms. The van der Waals surface area contributed by atoms with Crippen molar-refractivity contribution in [1.29, 1.82) is 0 Å². The summed E-state index contributed by atoms with van der Waals surface area (Å²) in [6, 6.07) is 0.707. The van der Waals surface area contributed by atoms with E-state index >= 15 is 0 Å². The molecule has 0 amide bonds. The number of carbonyl (C=O) groups excluding carboxylic acids is 2. The van der Waals surface area contributed by atoms with Gasteiger partial charge in [0.15, 0.2) is 16.5 Å². The van der Waals surface area contributed by atoms with Crippen LogP contribution in [0.5, 0.6) is 0 Å². The molecule has 1 rings (SSSR count). The zero-order chi connectivity index (χ0) is 25.2. The van der Waals surface area contributed by atoms with Crippen LogP contribution in [0.1, 0.15) is 47.0 Å². The number of thioether (sulfide) groups is 2. The van der Waals surface area contributed by atoms with Gasteiger partial charge in [-0.3, -0.25) is 9.59 Å². The highest BCUT2D eigenvalue weighted by atomic mass is 32.2. The molecule has 34 heavy (non-hydrogen) atoms. The van der Waals surface area contributed by atoms with E-state index in [1.807, 2.05) is 6.92 Å². The molecule has 0 spiro atoms. The Labute approximate surface area is 218 Å². The Morgan fingerprint density at radius 3 is 2.41 bits per heavy atom. The second-order valence-corrected chi connectivity index (χ2v) is 15.2. The smallest absolute Gasteiger partial charge is 0.396 e. The Hall–Kier alpha value is 0.367.